The second-order valence-electron chi connectivity index (χ2n) is 6.73. The SMILES string of the molecule is CC[C@H](C)c1ccc(N=Cc2c(Br)c(C)n(-c3ccccc3)c2C)cc1. The molecule has 0 amide bonds. The maximum absolute atomic E-state index is 4.70. The minimum atomic E-state index is 0.590. The van der Waals surface area contributed by atoms with Crippen LogP contribution in [0, 0.1) is 13.8 Å². The van der Waals surface area contributed by atoms with E-state index in [1.807, 2.05) is 12.3 Å². The highest BCUT2D eigenvalue weighted by atomic mass is 79.9. The molecule has 3 aromatic rings. The first-order chi connectivity index (χ1) is 12.5. The number of para-hydroxylation sites is 1. The molecular weight excluding hydrogens is 384 g/mol. The molecule has 0 spiro atoms. The van der Waals surface area contributed by atoms with Gasteiger partial charge in [0.1, 0.15) is 0 Å². The number of hydrogen-bond acceptors (Lipinski definition) is 1. The van der Waals surface area contributed by atoms with E-state index in [2.05, 4.69) is 96.7 Å². The van der Waals surface area contributed by atoms with Crippen LogP contribution in [0.15, 0.2) is 64.1 Å². The topological polar surface area (TPSA) is 17.3 Å². The Balaban J connectivity index is 1.92. The summed E-state index contributed by atoms with van der Waals surface area (Å²) in [6, 6.07) is 19.0. The molecule has 134 valence electrons. The summed E-state index contributed by atoms with van der Waals surface area (Å²) in [5.74, 6) is 0.590. The Bertz CT molecular complexity index is 906. The van der Waals surface area contributed by atoms with E-state index in [1.54, 1.807) is 0 Å². The number of halogens is 1. The van der Waals surface area contributed by atoms with E-state index in [9.17, 15) is 0 Å². The molecule has 0 bridgehead atoms. The molecule has 0 aliphatic heterocycles. The summed E-state index contributed by atoms with van der Waals surface area (Å²) in [5.41, 5.74) is 7.00. The Hall–Kier alpha value is -2.13. The largest absolute Gasteiger partial charge is 0.317 e. The Morgan fingerprint density at radius 2 is 1.65 bits per heavy atom. The van der Waals surface area contributed by atoms with Gasteiger partial charge in [-0.15, -0.1) is 0 Å². The zero-order chi connectivity index (χ0) is 18.7. The lowest BCUT2D eigenvalue weighted by Gasteiger charge is -2.09. The van der Waals surface area contributed by atoms with E-state index in [-0.39, 0.29) is 0 Å². The maximum Gasteiger partial charge on any atom is 0.0630 e. The van der Waals surface area contributed by atoms with Gasteiger partial charge in [-0.25, -0.2) is 0 Å². The van der Waals surface area contributed by atoms with Crippen LogP contribution in [0.4, 0.5) is 5.69 Å². The molecule has 0 unspecified atom stereocenters. The molecule has 2 aromatic carbocycles. The number of hydrogen-bond donors (Lipinski definition) is 0. The van der Waals surface area contributed by atoms with Gasteiger partial charge in [0.05, 0.1) is 5.69 Å². The Morgan fingerprint density at radius 1 is 1.00 bits per heavy atom. The smallest absolute Gasteiger partial charge is 0.0630 e. The van der Waals surface area contributed by atoms with E-state index in [4.69, 9.17) is 4.99 Å². The van der Waals surface area contributed by atoms with Gasteiger partial charge in [-0.1, -0.05) is 44.2 Å². The average Bonchev–Trinajstić information content (AvgIpc) is 2.89. The summed E-state index contributed by atoms with van der Waals surface area (Å²) in [6.45, 7) is 8.74. The van der Waals surface area contributed by atoms with Gasteiger partial charge in [0, 0.05) is 33.3 Å². The van der Waals surface area contributed by atoms with Crippen molar-refractivity contribution < 1.29 is 0 Å². The number of benzene rings is 2. The molecule has 26 heavy (non-hydrogen) atoms. The van der Waals surface area contributed by atoms with Crippen LogP contribution in [-0.2, 0) is 0 Å². The fourth-order valence-corrected chi connectivity index (χ4v) is 3.77. The monoisotopic (exact) mass is 408 g/mol. The van der Waals surface area contributed by atoms with Gasteiger partial charge in [0.15, 0.2) is 0 Å². The highest BCUT2D eigenvalue weighted by molar-refractivity contribution is 9.10. The summed E-state index contributed by atoms with van der Waals surface area (Å²) in [4.78, 5) is 4.70. The average molecular weight is 409 g/mol. The van der Waals surface area contributed by atoms with Gasteiger partial charge in [0.25, 0.3) is 0 Å². The summed E-state index contributed by atoms with van der Waals surface area (Å²) in [6.07, 6.45) is 3.12. The number of rotatable bonds is 5. The van der Waals surface area contributed by atoms with Crippen LogP contribution in [0.3, 0.4) is 0 Å². The second kappa shape index (κ2) is 8.05. The van der Waals surface area contributed by atoms with Gasteiger partial charge in [-0.3, -0.25) is 4.99 Å². The highest BCUT2D eigenvalue weighted by Gasteiger charge is 2.15. The lowest BCUT2D eigenvalue weighted by Crippen LogP contribution is -1.99. The molecule has 0 saturated carbocycles. The summed E-state index contributed by atoms with van der Waals surface area (Å²) < 4.78 is 3.36. The van der Waals surface area contributed by atoms with Crippen LogP contribution in [0.5, 0.6) is 0 Å². The minimum Gasteiger partial charge on any atom is -0.317 e. The summed E-state index contributed by atoms with van der Waals surface area (Å²) in [5, 5.41) is 0. The molecule has 0 N–H and O–H groups in total. The molecule has 0 saturated heterocycles. The number of aromatic nitrogens is 1. The zero-order valence-electron chi connectivity index (χ0n) is 15.8. The van der Waals surface area contributed by atoms with E-state index in [1.165, 1.54) is 22.6 Å². The van der Waals surface area contributed by atoms with Gasteiger partial charge in [-0.05, 0) is 71.9 Å². The van der Waals surface area contributed by atoms with Crippen LogP contribution in [0.2, 0.25) is 0 Å². The first-order valence-electron chi connectivity index (χ1n) is 9.09. The van der Waals surface area contributed by atoms with Crippen molar-refractivity contribution in [2.24, 2.45) is 4.99 Å². The van der Waals surface area contributed by atoms with E-state index in [0.717, 1.165) is 22.1 Å². The van der Waals surface area contributed by atoms with Crippen molar-refractivity contribution in [3.63, 3.8) is 0 Å². The maximum atomic E-state index is 4.70. The summed E-state index contributed by atoms with van der Waals surface area (Å²) in [7, 11) is 0. The van der Waals surface area contributed by atoms with Crippen LogP contribution in [-0.4, -0.2) is 10.8 Å². The summed E-state index contributed by atoms with van der Waals surface area (Å²) >= 11 is 3.75. The third-order valence-electron chi connectivity index (χ3n) is 5.05. The minimum absolute atomic E-state index is 0.590. The van der Waals surface area contributed by atoms with Gasteiger partial charge in [0.2, 0.25) is 0 Å². The number of nitrogens with zero attached hydrogens (tertiary/aromatic N) is 2. The second-order valence-corrected chi connectivity index (χ2v) is 7.52. The lowest BCUT2D eigenvalue weighted by atomic mass is 9.99. The molecule has 1 aromatic heterocycles. The van der Waals surface area contributed by atoms with E-state index < -0.39 is 0 Å². The van der Waals surface area contributed by atoms with Crippen LogP contribution >= 0.6 is 15.9 Å². The van der Waals surface area contributed by atoms with Crippen molar-refractivity contribution in [3.8, 4) is 5.69 Å². The van der Waals surface area contributed by atoms with Crippen LogP contribution in [0.1, 0.15) is 48.7 Å². The van der Waals surface area contributed by atoms with Crippen LogP contribution in [0.25, 0.3) is 5.69 Å². The zero-order valence-corrected chi connectivity index (χ0v) is 17.4. The fourth-order valence-electron chi connectivity index (χ4n) is 3.20. The molecule has 0 fully saturated rings. The van der Waals surface area contributed by atoms with Crippen molar-refractivity contribution in [2.75, 3.05) is 0 Å². The molecule has 2 nitrogen and oxygen atoms in total. The molecule has 0 radical (unpaired) electrons. The molecular formula is C23H25BrN2. The van der Waals surface area contributed by atoms with E-state index >= 15 is 0 Å². The molecule has 1 atom stereocenters. The molecule has 0 aliphatic carbocycles. The van der Waals surface area contributed by atoms with Crippen molar-refractivity contribution in [3.05, 3.63) is 81.6 Å². The Labute approximate surface area is 164 Å². The third-order valence-corrected chi connectivity index (χ3v) is 6.05. The standard InChI is InChI=1S/C23H25BrN2/c1-5-16(2)19-11-13-20(14-12-19)25-15-22-17(3)26(18(4)23(22)24)21-9-7-6-8-10-21/h6-16H,5H2,1-4H3/t16-/m0/s1. The molecule has 1 heterocycles. The first kappa shape index (κ1) is 18.7. The first-order valence-corrected chi connectivity index (χ1v) is 9.89. The van der Waals surface area contributed by atoms with Crippen molar-refractivity contribution >= 4 is 27.8 Å². The van der Waals surface area contributed by atoms with Crippen molar-refractivity contribution in [1.29, 1.82) is 0 Å². The fraction of sp³-hybridized carbons (Fsp3) is 0.261. The van der Waals surface area contributed by atoms with Gasteiger partial charge < -0.3 is 4.57 Å². The molecule has 0 aliphatic rings. The normalized spacial score (nSPS) is 12.7. The number of aliphatic imine (C=N–C) groups is 1. The van der Waals surface area contributed by atoms with E-state index in [0.29, 0.717) is 5.92 Å². The Kier molecular flexibility index (Phi) is 5.77. The predicted octanol–water partition coefficient (Wildman–Crippen LogP) is 7.12. The molecule has 3 rings (SSSR count). The van der Waals surface area contributed by atoms with Crippen molar-refractivity contribution in [1.82, 2.24) is 4.57 Å². The predicted molar refractivity (Wildman–Crippen MR) is 115 cm³/mol. The van der Waals surface area contributed by atoms with Crippen molar-refractivity contribution in [2.45, 2.75) is 40.0 Å². The van der Waals surface area contributed by atoms with Gasteiger partial charge in [-0.2, -0.15) is 0 Å². The van der Waals surface area contributed by atoms with Crippen LogP contribution < -0.4 is 0 Å². The third kappa shape index (κ3) is 3.68. The lowest BCUT2D eigenvalue weighted by molar-refractivity contribution is 0.734. The highest BCUT2D eigenvalue weighted by Crippen LogP contribution is 2.30. The van der Waals surface area contributed by atoms with Gasteiger partial charge >= 0.3 is 0 Å². The Morgan fingerprint density at radius 3 is 2.27 bits per heavy atom. The quantitative estimate of drug-likeness (QED) is 0.399. The molecule has 3 heteroatoms.